The average molecular weight is 591 g/mol. The number of aliphatic hydroxyl groups is 4. The quantitative estimate of drug-likeness (QED) is 0.0765. The minimum atomic E-state index is -1.13. The van der Waals surface area contributed by atoms with Crippen molar-refractivity contribution in [2.24, 2.45) is 17.3 Å². The molecule has 43 heavy (non-hydrogen) atoms. The molecule has 2 aliphatic rings. The van der Waals surface area contributed by atoms with Crippen molar-refractivity contribution >= 4 is 6.29 Å². The second-order valence-corrected chi connectivity index (χ2v) is 13.0. The molecule has 5 atom stereocenters. The van der Waals surface area contributed by atoms with Gasteiger partial charge >= 0.3 is 0 Å². The summed E-state index contributed by atoms with van der Waals surface area (Å²) in [5.74, 6) is -0.512. The summed E-state index contributed by atoms with van der Waals surface area (Å²) in [7, 11) is 0. The lowest BCUT2D eigenvalue weighted by molar-refractivity contribution is -0.167. The third-order valence-corrected chi connectivity index (χ3v) is 10.2. The lowest BCUT2D eigenvalue weighted by Gasteiger charge is -2.55. The van der Waals surface area contributed by atoms with E-state index in [1.807, 2.05) is 25.2 Å². The van der Waals surface area contributed by atoms with Gasteiger partial charge in [0.2, 0.25) is 0 Å². The Hall–Kier alpha value is -2.57. The van der Waals surface area contributed by atoms with Crippen molar-refractivity contribution in [3.8, 4) is 0 Å². The van der Waals surface area contributed by atoms with Crippen LogP contribution < -0.4 is 0 Å². The molecule has 2 saturated carbocycles. The van der Waals surface area contributed by atoms with E-state index in [9.17, 15) is 25.2 Å². The SMILES string of the molecule is C=C(/C=C/C=C(/CO)[C@H]1CC[C@@]2([C@H](CCCO)/C(=C(\C)C=O)CC[C@@]2(C)O)[C@@H]1O)CC/C=C(/C)CCCc1ccccc1. The molecule has 0 aliphatic heterocycles. The van der Waals surface area contributed by atoms with E-state index in [2.05, 4.69) is 49.9 Å². The van der Waals surface area contributed by atoms with Gasteiger partial charge < -0.3 is 20.4 Å². The van der Waals surface area contributed by atoms with Crippen LogP contribution in [-0.2, 0) is 11.2 Å². The molecule has 5 heteroatoms. The van der Waals surface area contributed by atoms with Crippen molar-refractivity contribution in [1.82, 2.24) is 0 Å². The molecule has 1 spiro atoms. The molecule has 0 unspecified atom stereocenters. The molecular formula is C38H54O5. The summed E-state index contributed by atoms with van der Waals surface area (Å²) in [5.41, 5.74) is 4.18. The van der Waals surface area contributed by atoms with Crippen LogP contribution in [0.3, 0.4) is 0 Å². The van der Waals surface area contributed by atoms with E-state index >= 15 is 0 Å². The van der Waals surface area contributed by atoms with E-state index in [1.165, 1.54) is 11.1 Å². The normalized spacial score (nSPS) is 29.4. The number of rotatable bonds is 15. The number of aryl methyl sites for hydroxylation is 1. The van der Waals surface area contributed by atoms with E-state index < -0.39 is 17.1 Å². The Morgan fingerprint density at radius 2 is 1.84 bits per heavy atom. The van der Waals surface area contributed by atoms with Gasteiger partial charge in [-0.15, -0.1) is 0 Å². The topological polar surface area (TPSA) is 98.0 Å². The number of allylic oxidation sites excluding steroid dienone is 8. The number of hydrogen-bond acceptors (Lipinski definition) is 5. The highest BCUT2D eigenvalue weighted by Gasteiger charge is 2.63. The third kappa shape index (κ3) is 8.54. The number of carbonyl (C=O) groups excluding carboxylic acids is 1. The molecule has 0 saturated heterocycles. The summed E-state index contributed by atoms with van der Waals surface area (Å²) < 4.78 is 0. The summed E-state index contributed by atoms with van der Waals surface area (Å²) in [6.45, 7) is 9.84. The fourth-order valence-electron chi connectivity index (χ4n) is 7.67. The van der Waals surface area contributed by atoms with E-state index in [0.717, 1.165) is 55.1 Å². The monoisotopic (exact) mass is 590 g/mol. The van der Waals surface area contributed by atoms with Crippen LogP contribution in [0.15, 0.2) is 89.1 Å². The minimum Gasteiger partial charge on any atom is -0.396 e. The summed E-state index contributed by atoms with van der Waals surface area (Å²) in [6.07, 6.45) is 16.6. The zero-order chi connectivity index (χ0) is 31.5. The van der Waals surface area contributed by atoms with Gasteiger partial charge in [-0.05, 0) is 114 Å². The van der Waals surface area contributed by atoms with Crippen LogP contribution in [-0.4, -0.2) is 51.6 Å². The molecule has 1 aromatic carbocycles. The number of aldehydes is 1. The zero-order valence-corrected chi connectivity index (χ0v) is 26.6. The van der Waals surface area contributed by atoms with Gasteiger partial charge in [-0.3, -0.25) is 4.79 Å². The fourth-order valence-corrected chi connectivity index (χ4v) is 7.67. The first-order valence-corrected chi connectivity index (χ1v) is 16.1. The van der Waals surface area contributed by atoms with Gasteiger partial charge in [0, 0.05) is 17.9 Å². The van der Waals surface area contributed by atoms with Gasteiger partial charge in [0.1, 0.15) is 6.29 Å². The standard InChI is InChI=1S/C38H54O5/c1-28(14-9-18-31-16-6-5-7-17-31)12-8-13-29(2)15-10-19-32(27-41)34-22-24-38(36(34)42)35(20-11-25-39)33(30(3)26-40)21-23-37(38,4)43/h5-7,10,12,15-17,19,26,34-36,39,41-43H,2,8-9,11,13-14,18,20-25,27H2,1,3-4H3/b15-10+,28-12-,32-19-,33-30+/t34-,35-,36-,37-,38-/m1/s1. The molecule has 0 bridgehead atoms. The zero-order valence-electron chi connectivity index (χ0n) is 26.6. The Kier molecular flexibility index (Phi) is 13.4. The summed E-state index contributed by atoms with van der Waals surface area (Å²) in [6, 6.07) is 10.6. The summed E-state index contributed by atoms with van der Waals surface area (Å²) in [5, 5.41) is 43.6. The van der Waals surface area contributed by atoms with Crippen molar-refractivity contribution in [2.75, 3.05) is 13.2 Å². The van der Waals surface area contributed by atoms with Gasteiger partial charge in [0.05, 0.1) is 18.3 Å². The highest BCUT2D eigenvalue weighted by atomic mass is 16.3. The van der Waals surface area contributed by atoms with Crippen molar-refractivity contribution in [1.29, 1.82) is 0 Å². The Labute approximate surface area is 259 Å². The van der Waals surface area contributed by atoms with Crippen LogP contribution in [0.5, 0.6) is 0 Å². The molecule has 0 radical (unpaired) electrons. The molecule has 5 nitrogen and oxygen atoms in total. The van der Waals surface area contributed by atoms with Gasteiger partial charge in [-0.1, -0.05) is 77.9 Å². The Bertz CT molecular complexity index is 1190. The first-order chi connectivity index (χ1) is 20.6. The number of carbonyl (C=O) groups is 1. The molecule has 3 rings (SSSR count). The molecule has 2 fully saturated rings. The van der Waals surface area contributed by atoms with Crippen molar-refractivity contribution in [3.05, 3.63) is 94.6 Å². The molecule has 4 N–H and O–H groups in total. The highest BCUT2D eigenvalue weighted by molar-refractivity contribution is 5.74. The molecule has 0 amide bonds. The first-order valence-electron chi connectivity index (χ1n) is 16.1. The Morgan fingerprint density at radius 3 is 2.51 bits per heavy atom. The van der Waals surface area contributed by atoms with E-state index in [-0.39, 0.29) is 25.0 Å². The molecule has 0 aromatic heterocycles. The molecule has 1 aromatic rings. The van der Waals surface area contributed by atoms with Gasteiger partial charge in [-0.25, -0.2) is 0 Å². The molecule has 0 heterocycles. The van der Waals surface area contributed by atoms with Crippen LogP contribution >= 0.6 is 0 Å². The predicted molar refractivity (Wildman–Crippen MR) is 175 cm³/mol. The third-order valence-electron chi connectivity index (χ3n) is 10.2. The van der Waals surface area contributed by atoms with Gasteiger partial charge in [0.25, 0.3) is 0 Å². The van der Waals surface area contributed by atoms with E-state index in [0.29, 0.717) is 44.1 Å². The van der Waals surface area contributed by atoms with Gasteiger partial charge in [0.15, 0.2) is 0 Å². The number of hydrogen-bond donors (Lipinski definition) is 4. The van der Waals surface area contributed by atoms with Crippen LogP contribution in [0, 0.1) is 17.3 Å². The highest BCUT2D eigenvalue weighted by Crippen LogP contribution is 2.62. The molecule has 2 aliphatic carbocycles. The lowest BCUT2D eigenvalue weighted by Crippen LogP contribution is -2.59. The van der Waals surface area contributed by atoms with Crippen LogP contribution in [0.25, 0.3) is 0 Å². The van der Waals surface area contributed by atoms with Crippen molar-refractivity contribution in [3.63, 3.8) is 0 Å². The summed E-state index contributed by atoms with van der Waals surface area (Å²) >= 11 is 0. The number of aliphatic hydroxyl groups excluding tert-OH is 3. The maximum absolute atomic E-state index is 11.9. The second kappa shape index (κ2) is 16.5. The lowest BCUT2D eigenvalue weighted by atomic mass is 9.52. The predicted octanol–water partition coefficient (Wildman–Crippen LogP) is 6.97. The van der Waals surface area contributed by atoms with E-state index in [1.54, 1.807) is 6.92 Å². The molecule has 236 valence electrons. The first kappa shape index (κ1) is 34.9. The molecular weight excluding hydrogens is 536 g/mol. The van der Waals surface area contributed by atoms with Gasteiger partial charge in [-0.2, -0.15) is 0 Å². The van der Waals surface area contributed by atoms with Crippen LogP contribution in [0.2, 0.25) is 0 Å². The Balaban J connectivity index is 1.64. The van der Waals surface area contributed by atoms with Crippen molar-refractivity contribution < 1.29 is 25.2 Å². The maximum atomic E-state index is 11.9. The average Bonchev–Trinajstić information content (AvgIpc) is 3.34. The smallest absolute Gasteiger partial charge is 0.145 e. The van der Waals surface area contributed by atoms with E-state index in [4.69, 9.17) is 0 Å². The maximum Gasteiger partial charge on any atom is 0.145 e. The fraction of sp³-hybridized carbons (Fsp3) is 0.553. The second-order valence-electron chi connectivity index (χ2n) is 13.0. The van der Waals surface area contributed by atoms with Crippen molar-refractivity contribution in [2.45, 2.75) is 103 Å². The van der Waals surface area contributed by atoms with Crippen LogP contribution in [0.1, 0.15) is 90.5 Å². The minimum absolute atomic E-state index is 0.0156. The Morgan fingerprint density at radius 1 is 1.09 bits per heavy atom. The summed E-state index contributed by atoms with van der Waals surface area (Å²) in [4.78, 5) is 11.8. The number of benzene rings is 1. The largest absolute Gasteiger partial charge is 0.396 e. The van der Waals surface area contributed by atoms with Crippen LogP contribution in [0.4, 0.5) is 0 Å².